The van der Waals surface area contributed by atoms with E-state index in [1.807, 2.05) is 6.20 Å². The summed E-state index contributed by atoms with van der Waals surface area (Å²) in [5.74, 6) is 0. The Morgan fingerprint density at radius 3 is 2.38 bits per heavy atom. The predicted molar refractivity (Wildman–Crippen MR) is 59.6 cm³/mol. The first-order valence-electron chi connectivity index (χ1n) is 4.62. The first-order chi connectivity index (χ1) is 5.89. The topological polar surface area (TPSA) is 24.9 Å². The quantitative estimate of drug-likeness (QED) is 0.789. The van der Waals surface area contributed by atoms with Gasteiger partial charge < -0.3 is 5.32 Å². The van der Waals surface area contributed by atoms with Gasteiger partial charge in [-0.05, 0) is 19.3 Å². The highest BCUT2D eigenvalue weighted by Gasteiger charge is 2.17. The van der Waals surface area contributed by atoms with E-state index in [4.69, 9.17) is 0 Å². The predicted octanol–water partition coefficient (Wildman–Crippen LogP) is 3.26. The SMILES string of the molecule is CC(C)Nc1ncc(C(C)(C)C)s1. The van der Waals surface area contributed by atoms with Crippen LogP contribution in [0.25, 0.3) is 0 Å². The molecule has 1 aromatic heterocycles. The first-order valence-corrected chi connectivity index (χ1v) is 5.44. The molecule has 0 unspecified atom stereocenters. The normalized spacial score (nSPS) is 12.2. The summed E-state index contributed by atoms with van der Waals surface area (Å²) in [5, 5.41) is 4.33. The number of anilines is 1. The van der Waals surface area contributed by atoms with E-state index in [-0.39, 0.29) is 5.41 Å². The minimum atomic E-state index is 0.217. The second-order valence-corrected chi connectivity index (χ2v) is 5.61. The van der Waals surface area contributed by atoms with E-state index < -0.39 is 0 Å². The van der Waals surface area contributed by atoms with E-state index in [1.54, 1.807) is 11.3 Å². The Labute approximate surface area is 84.4 Å². The van der Waals surface area contributed by atoms with Gasteiger partial charge in [-0.3, -0.25) is 0 Å². The van der Waals surface area contributed by atoms with Crippen LogP contribution >= 0.6 is 11.3 Å². The molecule has 0 aliphatic carbocycles. The van der Waals surface area contributed by atoms with Crippen molar-refractivity contribution in [2.24, 2.45) is 0 Å². The molecule has 0 aromatic carbocycles. The van der Waals surface area contributed by atoms with Gasteiger partial charge in [-0.25, -0.2) is 4.98 Å². The molecule has 1 rings (SSSR count). The molecule has 2 nitrogen and oxygen atoms in total. The number of rotatable bonds is 2. The molecular weight excluding hydrogens is 180 g/mol. The van der Waals surface area contributed by atoms with Gasteiger partial charge in [0.1, 0.15) is 0 Å². The van der Waals surface area contributed by atoms with E-state index in [0.717, 1.165) is 5.13 Å². The number of thiazole rings is 1. The fraction of sp³-hybridized carbons (Fsp3) is 0.700. The van der Waals surface area contributed by atoms with Crippen molar-refractivity contribution in [3.8, 4) is 0 Å². The zero-order chi connectivity index (χ0) is 10.1. The molecule has 0 bridgehead atoms. The minimum Gasteiger partial charge on any atom is -0.359 e. The highest BCUT2D eigenvalue weighted by Crippen LogP contribution is 2.30. The molecule has 0 aliphatic rings. The number of nitrogens with zero attached hydrogens (tertiary/aromatic N) is 1. The molecule has 0 saturated carbocycles. The zero-order valence-corrected chi connectivity index (χ0v) is 9.83. The van der Waals surface area contributed by atoms with Crippen LogP contribution in [-0.2, 0) is 5.41 Å². The molecule has 0 atom stereocenters. The molecule has 74 valence electrons. The maximum Gasteiger partial charge on any atom is 0.183 e. The van der Waals surface area contributed by atoms with E-state index in [1.165, 1.54) is 4.88 Å². The Hall–Kier alpha value is -0.570. The van der Waals surface area contributed by atoms with Crippen molar-refractivity contribution < 1.29 is 0 Å². The van der Waals surface area contributed by atoms with E-state index >= 15 is 0 Å². The zero-order valence-electron chi connectivity index (χ0n) is 9.01. The third-order valence-electron chi connectivity index (χ3n) is 1.66. The Bertz CT molecular complexity index is 271. The van der Waals surface area contributed by atoms with Gasteiger partial charge in [-0.1, -0.05) is 20.8 Å². The standard InChI is InChI=1S/C10H18N2S/c1-7(2)12-9-11-6-8(13-9)10(3,4)5/h6-7H,1-5H3,(H,11,12). The molecule has 0 amide bonds. The van der Waals surface area contributed by atoms with Crippen molar-refractivity contribution >= 4 is 16.5 Å². The minimum absolute atomic E-state index is 0.217. The average Bonchev–Trinajstić information content (AvgIpc) is 2.32. The van der Waals surface area contributed by atoms with Crippen LogP contribution in [0, 0.1) is 0 Å². The molecule has 3 heteroatoms. The molecule has 1 heterocycles. The van der Waals surface area contributed by atoms with Gasteiger partial charge in [-0.2, -0.15) is 0 Å². The number of hydrogen-bond donors (Lipinski definition) is 1. The average molecular weight is 198 g/mol. The second-order valence-electron chi connectivity index (χ2n) is 4.58. The third-order valence-corrected chi connectivity index (χ3v) is 3.01. The maximum atomic E-state index is 4.33. The number of aromatic nitrogens is 1. The lowest BCUT2D eigenvalue weighted by molar-refractivity contribution is 0.602. The molecule has 1 N–H and O–H groups in total. The summed E-state index contributed by atoms with van der Waals surface area (Å²) in [6.07, 6.45) is 1.97. The molecule has 0 aliphatic heterocycles. The van der Waals surface area contributed by atoms with E-state index in [0.29, 0.717) is 6.04 Å². The van der Waals surface area contributed by atoms with Crippen molar-refractivity contribution in [1.29, 1.82) is 0 Å². The molecule has 0 saturated heterocycles. The number of nitrogens with one attached hydrogen (secondary N) is 1. The number of hydrogen-bond acceptors (Lipinski definition) is 3. The molecule has 0 radical (unpaired) electrons. The Morgan fingerprint density at radius 1 is 1.38 bits per heavy atom. The van der Waals surface area contributed by atoms with Gasteiger partial charge in [0.25, 0.3) is 0 Å². The summed E-state index contributed by atoms with van der Waals surface area (Å²) in [5.41, 5.74) is 0.217. The maximum absolute atomic E-state index is 4.33. The third kappa shape index (κ3) is 2.99. The fourth-order valence-electron chi connectivity index (χ4n) is 0.935. The van der Waals surface area contributed by atoms with Crippen LogP contribution in [0.3, 0.4) is 0 Å². The van der Waals surface area contributed by atoms with Crippen molar-refractivity contribution in [3.63, 3.8) is 0 Å². The van der Waals surface area contributed by atoms with Crippen LogP contribution in [0.2, 0.25) is 0 Å². The van der Waals surface area contributed by atoms with Gasteiger partial charge in [0.2, 0.25) is 0 Å². The van der Waals surface area contributed by atoms with Gasteiger partial charge in [0.05, 0.1) is 0 Å². The lowest BCUT2D eigenvalue weighted by atomic mass is 9.96. The second kappa shape index (κ2) is 3.66. The van der Waals surface area contributed by atoms with Gasteiger partial charge >= 0.3 is 0 Å². The van der Waals surface area contributed by atoms with Crippen LogP contribution in [-0.4, -0.2) is 11.0 Å². The highest BCUT2D eigenvalue weighted by atomic mass is 32.1. The summed E-state index contributed by atoms with van der Waals surface area (Å²) in [6.45, 7) is 10.9. The molecule has 1 aromatic rings. The van der Waals surface area contributed by atoms with Crippen molar-refractivity contribution in [2.75, 3.05) is 5.32 Å². The smallest absolute Gasteiger partial charge is 0.183 e. The van der Waals surface area contributed by atoms with Gasteiger partial charge in [-0.15, -0.1) is 11.3 Å². The van der Waals surface area contributed by atoms with Crippen LogP contribution < -0.4 is 5.32 Å². The molecule has 13 heavy (non-hydrogen) atoms. The van der Waals surface area contributed by atoms with Crippen molar-refractivity contribution in [3.05, 3.63) is 11.1 Å². The van der Waals surface area contributed by atoms with Crippen molar-refractivity contribution in [1.82, 2.24) is 4.98 Å². The summed E-state index contributed by atoms with van der Waals surface area (Å²) in [4.78, 5) is 5.66. The molecular formula is C10H18N2S. The van der Waals surface area contributed by atoms with Crippen LogP contribution in [0.5, 0.6) is 0 Å². The summed E-state index contributed by atoms with van der Waals surface area (Å²) in [7, 11) is 0. The van der Waals surface area contributed by atoms with Gasteiger partial charge in [0.15, 0.2) is 5.13 Å². The monoisotopic (exact) mass is 198 g/mol. The first kappa shape index (κ1) is 10.5. The highest BCUT2D eigenvalue weighted by molar-refractivity contribution is 7.15. The summed E-state index contributed by atoms with van der Waals surface area (Å²) >= 11 is 1.75. The molecule has 0 spiro atoms. The van der Waals surface area contributed by atoms with E-state index in [9.17, 15) is 0 Å². The van der Waals surface area contributed by atoms with Gasteiger partial charge in [0, 0.05) is 17.1 Å². The Balaban J connectivity index is 2.75. The molecule has 0 fully saturated rings. The van der Waals surface area contributed by atoms with Crippen molar-refractivity contribution in [2.45, 2.75) is 46.1 Å². The Kier molecular flexibility index (Phi) is 2.96. The summed E-state index contributed by atoms with van der Waals surface area (Å²) < 4.78 is 0. The lowest BCUT2D eigenvalue weighted by Crippen LogP contribution is -2.09. The Morgan fingerprint density at radius 2 is 2.00 bits per heavy atom. The van der Waals surface area contributed by atoms with Crippen LogP contribution in [0.15, 0.2) is 6.20 Å². The largest absolute Gasteiger partial charge is 0.359 e. The van der Waals surface area contributed by atoms with Crippen LogP contribution in [0.1, 0.15) is 39.5 Å². The lowest BCUT2D eigenvalue weighted by Gasteiger charge is -2.14. The van der Waals surface area contributed by atoms with E-state index in [2.05, 4.69) is 44.9 Å². The fourth-order valence-corrected chi connectivity index (χ4v) is 1.95. The van der Waals surface area contributed by atoms with Crippen LogP contribution in [0.4, 0.5) is 5.13 Å². The summed E-state index contributed by atoms with van der Waals surface area (Å²) in [6, 6.07) is 0.457.